The van der Waals surface area contributed by atoms with Gasteiger partial charge in [-0.25, -0.2) is 9.59 Å². The Morgan fingerprint density at radius 1 is 0.909 bits per heavy atom. The molecule has 5 N–H and O–H groups in total. The van der Waals surface area contributed by atoms with Crippen molar-refractivity contribution < 1.29 is 38.4 Å². The van der Waals surface area contributed by atoms with Gasteiger partial charge in [0.05, 0.1) is 6.04 Å². The van der Waals surface area contributed by atoms with E-state index >= 15 is 0 Å². The summed E-state index contributed by atoms with van der Waals surface area (Å²) in [5, 5.41) is 8.69. The molecule has 0 aromatic heterocycles. The number of anilines is 1. The Balaban J connectivity index is 1.82. The second-order valence-electron chi connectivity index (χ2n) is 11.4. The van der Waals surface area contributed by atoms with Crippen molar-refractivity contribution in [2.75, 3.05) is 11.9 Å². The van der Waals surface area contributed by atoms with Crippen molar-refractivity contribution in [3.63, 3.8) is 0 Å². The normalized spacial score (nSPS) is 14.2. The molecule has 1 heterocycles. The van der Waals surface area contributed by atoms with Crippen LogP contribution in [0.4, 0.5) is 10.5 Å². The molecule has 0 radical (unpaired) electrons. The number of aryl methyl sites for hydroxylation is 1. The zero-order chi connectivity index (χ0) is 32.6. The predicted octanol–water partition coefficient (Wildman–Crippen LogP) is 3.05. The highest BCUT2D eigenvalue weighted by Crippen LogP contribution is 2.20. The number of amides is 6. The SMILES string of the molecule is Cc1ccc(NC(=O)[C@H](CCCNC(N)=O)CC(=O)[C@@H](NC(=O)CCCCCCC(=O)ON2C(=O)CCC2=O)C(C)C)cc1. The number of carbonyl (C=O) groups excluding carboxylic acids is 7. The monoisotopic (exact) mass is 615 g/mol. The van der Waals surface area contributed by atoms with Crippen LogP contribution < -0.4 is 21.7 Å². The van der Waals surface area contributed by atoms with Crippen molar-refractivity contribution >= 4 is 47.1 Å². The van der Waals surface area contributed by atoms with Gasteiger partial charge >= 0.3 is 12.0 Å². The van der Waals surface area contributed by atoms with Gasteiger partial charge in [-0.05, 0) is 50.7 Å². The molecule has 242 valence electrons. The number of carbonyl (C=O) groups is 7. The topological polar surface area (TPSA) is 194 Å². The fraction of sp³-hybridized carbons (Fsp3) is 0.581. The van der Waals surface area contributed by atoms with Crippen LogP contribution in [0.2, 0.25) is 0 Å². The van der Waals surface area contributed by atoms with E-state index in [1.165, 1.54) is 0 Å². The van der Waals surface area contributed by atoms with Gasteiger partial charge in [0.25, 0.3) is 11.8 Å². The summed E-state index contributed by atoms with van der Waals surface area (Å²) in [6, 6.07) is 5.86. The van der Waals surface area contributed by atoms with E-state index in [4.69, 9.17) is 10.6 Å². The second kappa shape index (κ2) is 18.4. The number of hydrogen-bond acceptors (Lipinski definition) is 8. The molecular weight excluding hydrogens is 570 g/mol. The minimum atomic E-state index is -0.772. The summed E-state index contributed by atoms with van der Waals surface area (Å²) in [4.78, 5) is 90.0. The van der Waals surface area contributed by atoms with E-state index in [1.807, 2.05) is 32.9 Å². The summed E-state index contributed by atoms with van der Waals surface area (Å²) < 4.78 is 0. The van der Waals surface area contributed by atoms with E-state index < -0.39 is 35.8 Å². The van der Waals surface area contributed by atoms with Gasteiger partial charge in [0.2, 0.25) is 11.8 Å². The van der Waals surface area contributed by atoms with Crippen molar-refractivity contribution in [2.24, 2.45) is 17.6 Å². The third-order valence-electron chi connectivity index (χ3n) is 7.23. The maximum absolute atomic E-state index is 13.3. The molecule has 1 aromatic rings. The molecule has 0 saturated carbocycles. The largest absolute Gasteiger partial charge is 0.352 e. The molecule has 2 atom stereocenters. The number of nitrogens with one attached hydrogen (secondary N) is 3. The highest BCUT2D eigenvalue weighted by atomic mass is 16.7. The number of hydrogen-bond donors (Lipinski definition) is 4. The molecule has 1 aromatic carbocycles. The lowest BCUT2D eigenvalue weighted by atomic mass is 9.89. The summed E-state index contributed by atoms with van der Waals surface area (Å²) in [6.07, 6.45) is 3.31. The van der Waals surface area contributed by atoms with Crippen molar-refractivity contribution in [2.45, 2.75) is 97.4 Å². The van der Waals surface area contributed by atoms with Gasteiger partial charge in [-0.1, -0.05) is 44.4 Å². The Morgan fingerprint density at radius 2 is 1.52 bits per heavy atom. The molecule has 1 saturated heterocycles. The number of hydroxylamine groups is 2. The van der Waals surface area contributed by atoms with Gasteiger partial charge in [0.1, 0.15) is 0 Å². The maximum Gasteiger partial charge on any atom is 0.333 e. The fourth-order valence-corrected chi connectivity index (χ4v) is 4.72. The molecule has 6 amide bonds. The number of benzene rings is 1. The van der Waals surface area contributed by atoms with Crippen LogP contribution >= 0.6 is 0 Å². The Kier molecular flexibility index (Phi) is 15.0. The molecule has 0 aliphatic carbocycles. The van der Waals surface area contributed by atoms with Crippen LogP contribution in [-0.2, 0) is 33.6 Å². The first-order valence-electron chi connectivity index (χ1n) is 15.2. The van der Waals surface area contributed by atoms with Crippen LogP contribution in [0, 0.1) is 18.8 Å². The number of Topliss-reactive ketones (excluding diaryl/α,β-unsaturated/α-hetero) is 1. The van der Waals surface area contributed by atoms with Crippen LogP contribution in [-0.4, -0.2) is 59.1 Å². The maximum atomic E-state index is 13.3. The fourth-order valence-electron chi connectivity index (χ4n) is 4.72. The molecule has 1 aliphatic heterocycles. The summed E-state index contributed by atoms with van der Waals surface area (Å²) in [5.74, 6) is -3.44. The highest BCUT2D eigenvalue weighted by molar-refractivity contribution is 6.01. The van der Waals surface area contributed by atoms with Gasteiger partial charge in [0.15, 0.2) is 5.78 Å². The lowest BCUT2D eigenvalue weighted by Gasteiger charge is -2.24. The molecule has 13 heteroatoms. The van der Waals surface area contributed by atoms with E-state index in [0.717, 1.165) is 5.56 Å². The summed E-state index contributed by atoms with van der Waals surface area (Å²) in [5.41, 5.74) is 6.77. The van der Waals surface area contributed by atoms with Crippen LogP contribution in [0.1, 0.15) is 90.0 Å². The van der Waals surface area contributed by atoms with E-state index in [-0.39, 0.29) is 62.2 Å². The van der Waals surface area contributed by atoms with E-state index in [2.05, 4.69) is 16.0 Å². The smallest absolute Gasteiger partial charge is 0.333 e. The minimum Gasteiger partial charge on any atom is -0.352 e. The zero-order valence-electron chi connectivity index (χ0n) is 25.8. The lowest BCUT2D eigenvalue weighted by Crippen LogP contribution is -2.45. The molecular formula is C31H45N5O8. The second-order valence-corrected chi connectivity index (χ2v) is 11.4. The third kappa shape index (κ3) is 12.9. The van der Waals surface area contributed by atoms with Gasteiger partial charge in [0, 0.05) is 50.3 Å². The summed E-state index contributed by atoms with van der Waals surface area (Å²) in [6.45, 7) is 5.85. The van der Waals surface area contributed by atoms with E-state index in [9.17, 15) is 33.6 Å². The van der Waals surface area contributed by atoms with Gasteiger partial charge in [-0.3, -0.25) is 24.0 Å². The lowest BCUT2D eigenvalue weighted by molar-refractivity contribution is -0.197. The number of rotatable bonds is 19. The molecule has 1 aliphatic rings. The number of ketones is 1. The Labute approximate surface area is 257 Å². The average Bonchev–Trinajstić information content (AvgIpc) is 3.27. The van der Waals surface area contributed by atoms with Crippen LogP contribution in [0.3, 0.4) is 0 Å². The number of imide groups is 1. The minimum absolute atomic E-state index is 0.0392. The number of urea groups is 1. The van der Waals surface area contributed by atoms with Crippen molar-refractivity contribution in [3.8, 4) is 0 Å². The standard InChI is InChI=1S/C31H45N5O8/c1-20(2)29(35-25(38)10-6-4-5-7-11-28(41)44-36-26(39)16-17-27(36)40)24(37)19-22(9-8-18-33-31(32)43)30(42)34-23-14-12-21(3)13-15-23/h12-15,20,22,29H,4-11,16-19H2,1-3H3,(H,34,42)(H,35,38)(H3,32,33,43)/t22-,29+/m1/s1. The number of primary amides is 1. The van der Waals surface area contributed by atoms with E-state index in [1.54, 1.807) is 12.1 Å². The summed E-state index contributed by atoms with van der Waals surface area (Å²) in [7, 11) is 0. The van der Waals surface area contributed by atoms with Gasteiger partial charge < -0.3 is 26.5 Å². The van der Waals surface area contributed by atoms with Gasteiger partial charge in [-0.15, -0.1) is 5.06 Å². The average molecular weight is 616 g/mol. The molecule has 13 nitrogen and oxygen atoms in total. The first kappa shape index (κ1) is 35.9. The molecule has 0 bridgehead atoms. The van der Waals surface area contributed by atoms with Crippen molar-refractivity contribution in [1.29, 1.82) is 0 Å². The molecule has 0 spiro atoms. The molecule has 2 rings (SSSR count). The molecule has 1 fully saturated rings. The number of nitrogens with zero attached hydrogens (tertiary/aromatic N) is 1. The highest BCUT2D eigenvalue weighted by Gasteiger charge is 2.33. The molecule has 0 unspecified atom stereocenters. The van der Waals surface area contributed by atoms with Crippen LogP contribution in [0.5, 0.6) is 0 Å². The van der Waals surface area contributed by atoms with Crippen LogP contribution in [0.15, 0.2) is 24.3 Å². The first-order valence-corrected chi connectivity index (χ1v) is 15.2. The first-order chi connectivity index (χ1) is 20.9. The Hall–Kier alpha value is -4.29. The number of unbranched alkanes of at least 4 members (excludes halogenated alkanes) is 3. The van der Waals surface area contributed by atoms with E-state index in [0.29, 0.717) is 49.3 Å². The Bertz CT molecular complexity index is 1170. The van der Waals surface area contributed by atoms with Crippen molar-refractivity contribution in [3.05, 3.63) is 29.8 Å². The van der Waals surface area contributed by atoms with Crippen LogP contribution in [0.25, 0.3) is 0 Å². The van der Waals surface area contributed by atoms with Crippen molar-refractivity contribution in [1.82, 2.24) is 15.7 Å². The number of nitrogens with two attached hydrogens (primary N) is 1. The zero-order valence-corrected chi connectivity index (χ0v) is 25.8. The van der Waals surface area contributed by atoms with Gasteiger partial charge in [-0.2, -0.15) is 0 Å². The summed E-state index contributed by atoms with van der Waals surface area (Å²) >= 11 is 0. The predicted molar refractivity (Wildman–Crippen MR) is 161 cm³/mol. The third-order valence-corrected chi connectivity index (χ3v) is 7.23. The Morgan fingerprint density at radius 3 is 2.11 bits per heavy atom. The quantitative estimate of drug-likeness (QED) is 0.135. The molecule has 44 heavy (non-hydrogen) atoms.